The van der Waals surface area contributed by atoms with Gasteiger partial charge < -0.3 is 20.2 Å². The number of amides is 2. The standard InChI is InChI=1S/C28H26N6O4/c1-16(2)21-10-17(12-29)11-22-24(21)37-26(33-22)19-6-4-18(5-7-19)25(35)32-14-28(3)15-34(27(36)38-28)23-9-8-20(30)13-31-23/h4-11,13,16H,14-15,30H2,1-3H3,(H,32,35). The smallest absolute Gasteiger partial charge is 0.416 e. The molecule has 1 atom stereocenters. The van der Waals surface area contributed by atoms with Gasteiger partial charge in [-0.25, -0.2) is 14.8 Å². The van der Waals surface area contributed by atoms with Gasteiger partial charge in [-0.3, -0.25) is 9.69 Å². The summed E-state index contributed by atoms with van der Waals surface area (Å²) in [6, 6.07) is 15.9. The number of nitrogens with one attached hydrogen (secondary N) is 1. The van der Waals surface area contributed by atoms with Gasteiger partial charge in [0, 0.05) is 16.7 Å². The first kappa shape index (κ1) is 24.8. The highest BCUT2D eigenvalue weighted by Gasteiger charge is 2.43. The Morgan fingerprint density at radius 1 is 1.24 bits per heavy atom. The van der Waals surface area contributed by atoms with Crippen molar-refractivity contribution in [2.45, 2.75) is 32.3 Å². The van der Waals surface area contributed by atoms with E-state index < -0.39 is 11.7 Å². The minimum atomic E-state index is -0.926. The molecule has 38 heavy (non-hydrogen) atoms. The maximum atomic E-state index is 12.8. The average Bonchev–Trinajstić information content (AvgIpc) is 3.47. The molecule has 0 spiro atoms. The highest BCUT2D eigenvalue weighted by atomic mass is 16.6. The Hall–Kier alpha value is -4.91. The molecule has 10 heteroatoms. The quantitative estimate of drug-likeness (QED) is 0.382. The number of anilines is 2. The highest BCUT2D eigenvalue weighted by Crippen LogP contribution is 2.32. The van der Waals surface area contributed by atoms with Gasteiger partial charge in [-0.15, -0.1) is 0 Å². The number of nitrogens with zero attached hydrogens (tertiary/aromatic N) is 4. The molecule has 1 aliphatic rings. The minimum Gasteiger partial charge on any atom is -0.439 e. The third-order valence-corrected chi connectivity index (χ3v) is 6.38. The van der Waals surface area contributed by atoms with Crippen LogP contribution in [0, 0.1) is 11.3 Å². The van der Waals surface area contributed by atoms with Gasteiger partial charge in [-0.05, 0) is 61.4 Å². The maximum absolute atomic E-state index is 12.8. The number of aromatic nitrogens is 2. The summed E-state index contributed by atoms with van der Waals surface area (Å²) >= 11 is 0. The van der Waals surface area contributed by atoms with E-state index in [9.17, 15) is 14.9 Å². The summed E-state index contributed by atoms with van der Waals surface area (Å²) in [6.07, 6.45) is 0.932. The fourth-order valence-electron chi connectivity index (χ4n) is 4.33. The van der Waals surface area contributed by atoms with Crippen molar-refractivity contribution in [2.75, 3.05) is 23.7 Å². The van der Waals surface area contributed by atoms with Crippen LogP contribution in [0.5, 0.6) is 0 Å². The second kappa shape index (κ2) is 9.52. The number of benzene rings is 2. The van der Waals surface area contributed by atoms with Crippen LogP contribution in [0.4, 0.5) is 16.3 Å². The van der Waals surface area contributed by atoms with Crippen molar-refractivity contribution in [2.24, 2.45) is 0 Å². The molecule has 1 fully saturated rings. The summed E-state index contributed by atoms with van der Waals surface area (Å²) in [5, 5.41) is 12.2. The second-order valence-electron chi connectivity index (χ2n) is 9.81. The zero-order valence-corrected chi connectivity index (χ0v) is 21.2. The molecule has 1 unspecified atom stereocenters. The number of nitriles is 1. The Morgan fingerprint density at radius 2 is 2.00 bits per heavy atom. The molecule has 0 aliphatic carbocycles. The monoisotopic (exact) mass is 510 g/mol. The van der Waals surface area contributed by atoms with Gasteiger partial charge in [0.1, 0.15) is 16.9 Å². The van der Waals surface area contributed by atoms with Gasteiger partial charge in [0.05, 0.1) is 36.6 Å². The number of nitrogens with two attached hydrogens (primary N) is 1. The zero-order chi connectivity index (χ0) is 27.0. The Kier molecular flexibility index (Phi) is 6.20. The van der Waals surface area contributed by atoms with Crippen molar-refractivity contribution < 1.29 is 18.7 Å². The first-order valence-corrected chi connectivity index (χ1v) is 12.1. The lowest BCUT2D eigenvalue weighted by molar-refractivity contribution is 0.0653. The highest BCUT2D eigenvalue weighted by molar-refractivity contribution is 5.95. The third kappa shape index (κ3) is 4.74. The molecule has 4 aromatic rings. The van der Waals surface area contributed by atoms with E-state index in [4.69, 9.17) is 14.9 Å². The molecule has 3 heterocycles. The van der Waals surface area contributed by atoms with E-state index in [1.807, 2.05) is 19.9 Å². The van der Waals surface area contributed by atoms with E-state index in [1.165, 1.54) is 11.1 Å². The van der Waals surface area contributed by atoms with Crippen LogP contribution in [0.3, 0.4) is 0 Å². The number of carbonyl (C=O) groups is 2. The van der Waals surface area contributed by atoms with Crippen molar-refractivity contribution in [3.8, 4) is 17.5 Å². The fraction of sp³-hybridized carbons (Fsp3) is 0.250. The number of cyclic esters (lactones) is 1. The SMILES string of the molecule is CC(C)c1cc(C#N)cc2nc(-c3ccc(C(=O)NCC4(C)CN(c5ccc(N)cn5)C(=O)O4)cc3)oc12. The summed E-state index contributed by atoms with van der Waals surface area (Å²) in [5.41, 5.74) is 9.09. The largest absolute Gasteiger partial charge is 0.439 e. The summed E-state index contributed by atoms with van der Waals surface area (Å²) in [7, 11) is 0. The Morgan fingerprint density at radius 3 is 2.66 bits per heavy atom. The molecule has 192 valence electrons. The number of fused-ring (bicyclic) bond motifs is 1. The molecule has 0 bridgehead atoms. The number of hydrogen-bond donors (Lipinski definition) is 2. The van der Waals surface area contributed by atoms with Gasteiger partial charge in [0.25, 0.3) is 5.91 Å². The van der Waals surface area contributed by atoms with Crippen molar-refractivity contribution >= 4 is 34.6 Å². The summed E-state index contributed by atoms with van der Waals surface area (Å²) < 4.78 is 11.6. The lowest BCUT2D eigenvalue weighted by Crippen LogP contribution is -2.43. The number of nitrogen functional groups attached to an aromatic ring is 1. The third-order valence-electron chi connectivity index (χ3n) is 6.38. The molecule has 1 aliphatic heterocycles. The normalized spacial score (nSPS) is 17.0. The number of ether oxygens (including phenoxy) is 1. The zero-order valence-electron chi connectivity index (χ0n) is 21.2. The Labute approximate surface area is 219 Å². The molecular formula is C28H26N6O4. The van der Waals surface area contributed by atoms with Crippen LogP contribution in [0.25, 0.3) is 22.6 Å². The van der Waals surface area contributed by atoms with Gasteiger partial charge in [0.15, 0.2) is 5.58 Å². The maximum Gasteiger partial charge on any atom is 0.416 e. The summed E-state index contributed by atoms with van der Waals surface area (Å²) in [4.78, 5) is 35.4. The predicted molar refractivity (Wildman–Crippen MR) is 141 cm³/mol. The molecule has 2 aromatic heterocycles. The first-order chi connectivity index (χ1) is 18.2. The van der Waals surface area contributed by atoms with Crippen LogP contribution in [-0.4, -0.2) is 40.7 Å². The molecule has 10 nitrogen and oxygen atoms in total. The lowest BCUT2D eigenvalue weighted by atomic mass is 10.00. The Bertz CT molecular complexity index is 1570. The van der Waals surface area contributed by atoms with Crippen LogP contribution in [0.2, 0.25) is 0 Å². The molecule has 2 amide bonds. The number of pyridine rings is 1. The van der Waals surface area contributed by atoms with Crippen LogP contribution in [0.15, 0.2) is 59.1 Å². The molecule has 0 radical (unpaired) electrons. The average molecular weight is 511 g/mol. The van der Waals surface area contributed by atoms with Crippen molar-refractivity contribution in [1.82, 2.24) is 15.3 Å². The molecule has 2 aromatic carbocycles. The fourth-order valence-corrected chi connectivity index (χ4v) is 4.33. The van der Waals surface area contributed by atoms with Crippen LogP contribution < -0.4 is 16.0 Å². The van der Waals surface area contributed by atoms with E-state index in [-0.39, 0.29) is 24.9 Å². The lowest BCUT2D eigenvalue weighted by Gasteiger charge is -2.22. The van der Waals surface area contributed by atoms with E-state index in [0.29, 0.717) is 45.2 Å². The number of oxazole rings is 1. The second-order valence-corrected chi connectivity index (χ2v) is 9.81. The molecule has 1 saturated heterocycles. The van der Waals surface area contributed by atoms with Crippen LogP contribution in [0.1, 0.15) is 48.2 Å². The molecule has 5 rings (SSSR count). The Balaban J connectivity index is 1.27. The van der Waals surface area contributed by atoms with Crippen LogP contribution in [-0.2, 0) is 4.74 Å². The molecule has 0 saturated carbocycles. The van der Waals surface area contributed by atoms with E-state index in [0.717, 1.165) is 5.56 Å². The summed E-state index contributed by atoms with van der Waals surface area (Å²) in [5.74, 6) is 0.689. The number of carbonyl (C=O) groups excluding carboxylic acids is 2. The number of rotatable bonds is 6. The topological polar surface area (TPSA) is 147 Å². The first-order valence-electron chi connectivity index (χ1n) is 12.1. The van der Waals surface area contributed by atoms with Crippen molar-refractivity contribution in [1.29, 1.82) is 5.26 Å². The van der Waals surface area contributed by atoms with E-state index in [2.05, 4.69) is 21.4 Å². The van der Waals surface area contributed by atoms with E-state index in [1.54, 1.807) is 49.4 Å². The van der Waals surface area contributed by atoms with Crippen molar-refractivity contribution in [3.63, 3.8) is 0 Å². The van der Waals surface area contributed by atoms with Crippen molar-refractivity contribution in [3.05, 3.63) is 71.4 Å². The van der Waals surface area contributed by atoms with E-state index >= 15 is 0 Å². The van der Waals surface area contributed by atoms with Crippen LogP contribution >= 0.6 is 0 Å². The van der Waals surface area contributed by atoms with Gasteiger partial charge in [0.2, 0.25) is 5.89 Å². The predicted octanol–water partition coefficient (Wildman–Crippen LogP) is 4.61. The number of hydrogen-bond acceptors (Lipinski definition) is 8. The molecular weight excluding hydrogens is 484 g/mol. The van der Waals surface area contributed by atoms with Gasteiger partial charge in [-0.2, -0.15) is 5.26 Å². The summed E-state index contributed by atoms with van der Waals surface area (Å²) in [6.45, 7) is 6.17. The molecule has 3 N–H and O–H groups in total. The minimum absolute atomic E-state index is 0.120. The van der Waals surface area contributed by atoms with Gasteiger partial charge >= 0.3 is 6.09 Å². The van der Waals surface area contributed by atoms with Gasteiger partial charge in [-0.1, -0.05) is 13.8 Å².